The van der Waals surface area contributed by atoms with Gasteiger partial charge in [0.05, 0.1) is 36.6 Å². The van der Waals surface area contributed by atoms with Crippen molar-refractivity contribution in [2.24, 2.45) is 51.2 Å². The van der Waals surface area contributed by atoms with E-state index < -0.39 is 17.8 Å². The van der Waals surface area contributed by atoms with Crippen molar-refractivity contribution in [3.63, 3.8) is 0 Å². The lowest BCUT2D eigenvalue weighted by Gasteiger charge is -2.68. The summed E-state index contributed by atoms with van der Waals surface area (Å²) < 4.78 is 39.1. The molecular weight excluding hydrogens is 635 g/mol. The summed E-state index contributed by atoms with van der Waals surface area (Å²) >= 11 is 0. The molecule has 288 valence electrons. The Morgan fingerprint density at radius 1 is 1.00 bits per heavy atom. The summed E-state index contributed by atoms with van der Waals surface area (Å²) in [5, 5.41) is 23.7. The van der Waals surface area contributed by atoms with E-state index in [4.69, 9.17) is 18.9 Å². The summed E-state index contributed by atoms with van der Waals surface area (Å²) in [6, 6.07) is 0.482. The van der Waals surface area contributed by atoms with Crippen LogP contribution in [0.2, 0.25) is 0 Å². The van der Waals surface area contributed by atoms with Crippen molar-refractivity contribution in [2.75, 3.05) is 52.6 Å². The van der Waals surface area contributed by atoms with E-state index in [1.165, 1.54) is 12.8 Å². The van der Waals surface area contributed by atoms with Gasteiger partial charge in [-0.2, -0.15) is 0 Å². The summed E-state index contributed by atoms with van der Waals surface area (Å²) in [7, 11) is 0. The van der Waals surface area contributed by atoms with Gasteiger partial charge in [-0.3, -0.25) is 9.80 Å². The van der Waals surface area contributed by atoms with Gasteiger partial charge in [0.1, 0.15) is 12.8 Å². The van der Waals surface area contributed by atoms with E-state index in [1.54, 1.807) is 0 Å². The number of alkyl halides is 1. The molecule has 0 aromatic heterocycles. The lowest BCUT2D eigenvalue weighted by atomic mass is 9.37. The molecule has 9 heteroatoms. The first-order valence-corrected chi connectivity index (χ1v) is 20.5. The minimum absolute atomic E-state index is 0.0162. The van der Waals surface area contributed by atoms with Crippen LogP contribution in [0.4, 0.5) is 4.39 Å². The Balaban J connectivity index is 1.07. The van der Waals surface area contributed by atoms with E-state index in [9.17, 15) is 14.6 Å². The predicted molar refractivity (Wildman–Crippen MR) is 192 cm³/mol. The molecule has 14 unspecified atom stereocenters. The minimum atomic E-state index is -1.03. The van der Waals surface area contributed by atoms with Gasteiger partial charge in [0.2, 0.25) is 0 Å². The molecule has 3 aliphatic heterocycles. The van der Waals surface area contributed by atoms with Crippen LogP contribution >= 0.6 is 0 Å². The van der Waals surface area contributed by atoms with Crippen molar-refractivity contribution in [2.45, 2.75) is 156 Å². The smallest absolute Gasteiger partial charge is 0.170 e. The molecule has 0 amide bonds. The van der Waals surface area contributed by atoms with Gasteiger partial charge in [0.25, 0.3) is 0 Å². The van der Waals surface area contributed by atoms with Gasteiger partial charge in [-0.1, -0.05) is 41.5 Å². The van der Waals surface area contributed by atoms with Crippen molar-refractivity contribution in [1.82, 2.24) is 9.80 Å². The van der Waals surface area contributed by atoms with Crippen LogP contribution in [-0.2, 0) is 18.9 Å². The Morgan fingerprint density at radius 2 is 1.72 bits per heavy atom. The van der Waals surface area contributed by atoms with Gasteiger partial charge < -0.3 is 29.2 Å². The average molecular weight is 707 g/mol. The second-order valence-electron chi connectivity index (χ2n) is 19.8. The number of rotatable bonds is 9. The molecule has 2 N–H and O–H groups in total. The molecule has 0 aromatic carbocycles. The molecule has 14 atom stereocenters. The zero-order valence-electron chi connectivity index (χ0n) is 32.8. The molecule has 8 nitrogen and oxygen atoms in total. The van der Waals surface area contributed by atoms with Crippen LogP contribution in [0.3, 0.4) is 0 Å². The van der Waals surface area contributed by atoms with Gasteiger partial charge in [-0.15, -0.1) is 0 Å². The third kappa shape index (κ3) is 5.79. The minimum Gasteiger partial charge on any atom is -0.390 e. The van der Waals surface area contributed by atoms with Gasteiger partial charge >= 0.3 is 0 Å². The molecule has 4 saturated carbocycles. The van der Waals surface area contributed by atoms with E-state index in [-0.39, 0.29) is 58.9 Å². The van der Waals surface area contributed by atoms with Gasteiger partial charge in [0, 0.05) is 50.8 Å². The Hall–Kier alpha value is -0.390. The number of hydrogen-bond donors (Lipinski definition) is 2. The molecule has 7 rings (SSSR count). The van der Waals surface area contributed by atoms with Crippen molar-refractivity contribution in [3.05, 3.63) is 0 Å². The highest BCUT2D eigenvalue weighted by Crippen LogP contribution is 2.76. The first-order chi connectivity index (χ1) is 23.5. The molecule has 50 heavy (non-hydrogen) atoms. The van der Waals surface area contributed by atoms with E-state index >= 15 is 0 Å². The summed E-state index contributed by atoms with van der Waals surface area (Å²) in [5.41, 5.74) is -1.13. The molecule has 3 heterocycles. The van der Waals surface area contributed by atoms with Crippen LogP contribution in [0.25, 0.3) is 0 Å². The van der Waals surface area contributed by atoms with Crippen LogP contribution in [0.15, 0.2) is 0 Å². The molecule has 3 saturated heterocycles. The molecule has 4 aliphatic carbocycles. The first-order valence-electron chi connectivity index (χ1n) is 20.5. The highest BCUT2D eigenvalue weighted by Gasteiger charge is 2.75. The number of hydrogen-bond acceptors (Lipinski definition) is 8. The zero-order valence-corrected chi connectivity index (χ0v) is 32.8. The highest BCUT2D eigenvalue weighted by atomic mass is 19.1. The van der Waals surface area contributed by atoms with Crippen LogP contribution in [0.5, 0.6) is 0 Å². The number of ether oxygens (including phenoxy) is 4. The van der Waals surface area contributed by atoms with E-state index in [2.05, 4.69) is 51.3 Å². The highest BCUT2D eigenvalue weighted by molar-refractivity contribution is 5.23. The normalized spacial score (nSPS) is 49.0. The lowest BCUT2D eigenvalue weighted by molar-refractivity contribution is -0.263. The number of halogens is 1. The SMILES string of the molecule is CCOC(C1CC(C)C2C(O1)C(O)C1(C)C3CCC4C(CCC(OC5CN(C6CN(CCF)C6)CCO5)C4(C)C)C3(C)CCC21C)C(C)(C)O. The predicted octanol–water partition coefficient (Wildman–Crippen LogP) is 5.92. The topological polar surface area (TPSA) is 83.9 Å². The fraction of sp³-hybridized carbons (Fsp3) is 1.00. The third-order valence-corrected chi connectivity index (χ3v) is 16.7. The van der Waals surface area contributed by atoms with Gasteiger partial charge in [-0.05, 0) is 112 Å². The maximum Gasteiger partial charge on any atom is 0.170 e. The Morgan fingerprint density at radius 3 is 2.40 bits per heavy atom. The number of morpholine rings is 1. The fourth-order valence-corrected chi connectivity index (χ4v) is 14.0. The van der Waals surface area contributed by atoms with Crippen LogP contribution in [0, 0.1) is 51.2 Å². The second-order valence-corrected chi connectivity index (χ2v) is 19.8. The third-order valence-electron chi connectivity index (χ3n) is 16.7. The number of nitrogens with zero attached hydrogens (tertiary/aromatic N) is 2. The number of likely N-dealkylation sites (tertiary alicyclic amines) is 1. The molecule has 7 aliphatic rings. The molecule has 0 radical (unpaired) electrons. The van der Waals surface area contributed by atoms with E-state index in [1.807, 2.05) is 20.8 Å². The Bertz CT molecular complexity index is 1210. The van der Waals surface area contributed by atoms with E-state index in [0.717, 1.165) is 58.3 Å². The summed E-state index contributed by atoms with van der Waals surface area (Å²) in [6.07, 6.45) is 6.16. The number of aliphatic hydroxyl groups is 2. The Kier molecular flexibility index (Phi) is 10.2. The standard InChI is InChI=1S/C41H71FN2O6/c1-10-47-36(38(5,6)46)29-21-25(2)33-34(49-29)35(45)41(9)30-13-11-27-28(39(30,7)15-16-40(33,41)8)12-14-31(37(27,3)4)50-32-24-44(19-20-48-32)26-22-43(23-26)18-17-42/h25-36,45-46H,10-24H2,1-9H3. The monoisotopic (exact) mass is 707 g/mol. The summed E-state index contributed by atoms with van der Waals surface area (Å²) in [6.45, 7) is 25.5. The van der Waals surface area contributed by atoms with Gasteiger partial charge in [0.15, 0.2) is 6.29 Å². The van der Waals surface area contributed by atoms with Gasteiger partial charge in [-0.25, -0.2) is 4.39 Å². The molecule has 7 fully saturated rings. The molecule has 0 aromatic rings. The average Bonchev–Trinajstić information content (AvgIpc) is 3.21. The van der Waals surface area contributed by atoms with Crippen molar-refractivity contribution in [1.29, 1.82) is 0 Å². The largest absolute Gasteiger partial charge is 0.390 e. The zero-order chi connectivity index (χ0) is 36.0. The molecular formula is C41H71FN2O6. The summed E-state index contributed by atoms with van der Waals surface area (Å²) in [5.74, 6) is 2.23. The fourth-order valence-electron chi connectivity index (χ4n) is 14.0. The summed E-state index contributed by atoms with van der Waals surface area (Å²) in [4.78, 5) is 4.70. The van der Waals surface area contributed by atoms with Crippen LogP contribution < -0.4 is 0 Å². The first kappa shape index (κ1) is 37.9. The van der Waals surface area contributed by atoms with Crippen molar-refractivity contribution >= 4 is 0 Å². The molecule has 0 bridgehead atoms. The number of aliphatic hydroxyl groups excluding tert-OH is 1. The van der Waals surface area contributed by atoms with Crippen molar-refractivity contribution in [3.8, 4) is 0 Å². The number of fused-ring (bicyclic) bond motifs is 7. The van der Waals surface area contributed by atoms with Crippen LogP contribution in [0.1, 0.15) is 107 Å². The van der Waals surface area contributed by atoms with Crippen molar-refractivity contribution < 1.29 is 33.6 Å². The lowest BCUT2D eigenvalue weighted by Crippen LogP contribution is -2.65. The Labute approximate surface area is 302 Å². The van der Waals surface area contributed by atoms with E-state index in [0.29, 0.717) is 49.5 Å². The quantitative estimate of drug-likeness (QED) is 0.306. The second kappa shape index (κ2) is 13.4. The molecule has 0 spiro atoms. The maximum atomic E-state index is 12.8. The maximum absolute atomic E-state index is 12.8. The van der Waals surface area contributed by atoms with Crippen LogP contribution in [-0.4, -0.2) is 121 Å².